The van der Waals surface area contributed by atoms with Gasteiger partial charge in [-0.1, -0.05) is 29.8 Å². The van der Waals surface area contributed by atoms with Gasteiger partial charge in [0, 0.05) is 26.4 Å². The van der Waals surface area contributed by atoms with Gasteiger partial charge in [0.2, 0.25) is 5.95 Å². The number of aromatic nitrogens is 2. The second kappa shape index (κ2) is 8.09. The Kier molecular flexibility index (Phi) is 5.85. The average Bonchev–Trinajstić information content (AvgIpc) is 2.54. The molecule has 0 aliphatic carbocycles. The van der Waals surface area contributed by atoms with Gasteiger partial charge in [0.1, 0.15) is 5.69 Å². The van der Waals surface area contributed by atoms with Crippen LogP contribution in [-0.4, -0.2) is 36.1 Å². The van der Waals surface area contributed by atoms with Crippen LogP contribution in [0, 0.1) is 6.92 Å². The zero-order chi connectivity index (χ0) is 15.8. The van der Waals surface area contributed by atoms with Crippen LogP contribution >= 0.6 is 0 Å². The van der Waals surface area contributed by atoms with Crippen molar-refractivity contribution >= 4 is 11.9 Å². The average molecular weight is 300 g/mol. The van der Waals surface area contributed by atoms with Crippen LogP contribution in [-0.2, 0) is 11.3 Å². The predicted molar refractivity (Wildman–Crippen MR) is 84.7 cm³/mol. The molecule has 2 aromatic rings. The number of ether oxygens (including phenoxy) is 1. The van der Waals surface area contributed by atoms with E-state index in [-0.39, 0.29) is 5.91 Å². The molecule has 1 aromatic carbocycles. The van der Waals surface area contributed by atoms with Crippen molar-refractivity contribution in [3.8, 4) is 0 Å². The van der Waals surface area contributed by atoms with Crippen molar-refractivity contribution in [3.63, 3.8) is 0 Å². The highest BCUT2D eigenvalue weighted by Gasteiger charge is 2.08. The fraction of sp³-hybridized carbons (Fsp3) is 0.312. The van der Waals surface area contributed by atoms with E-state index in [0.717, 1.165) is 5.56 Å². The lowest BCUT2D eigenvalue weighted by molar-refractivity contribution is 0.0946. The van der Waals surface area contributed by atoms with Crippen LogP contribution in [0.15, 0.2) is 36.5 Å². The van der Waals surface area contributed by atoms with Crippen molar-refractivity contribution in [2.45, 2.75) is 13.5 Å². The highest BCUT2D eigenvalue weighted by molar-refractivity contribution is 5.92. The molecule has 0 saturated heterocycles. The summed E-state index contributed by atoms with van der Waals surface area (Å²) in [7, 11) is 1.62. The lowest BCUT2D eigenvalue weighted by Gasteiger charge is -2.07. The molecule has 1 amide bonds. The minimum Gasteiger partial charge on any atom is -0.383 e. The maximum Gasteiger partial charge on any atom is 0.270 e. The van der Waals surface area contributed by atoms with Crippen LogP contribution in [0.5, 0.6) is 0 Å². The van der Waals surface area contributed by atoms with Crippen LogP contribution in [0.25, 0.3) is 0 Å². The molecule has 2 rings (SSSR count). The van der Waals surface area contributed by atoms with E-state index in [4.69, 9.17) is 4.74 Å². The molecule has 0 radical (unpaired) electrons. The topological polar surface area (TPSA) is 76.1 Å². The molecule has 0 bridgehead atoms. The normalized spacial score (nSPS) is 10.3. The van der Waals surface area contributed by atoms with Crippen LogP contribution < -0.4 is 10.6 Å². The Morgan fingerprint density at radius 1 is 1.23 bits per heavy atom. The van der Waals surface area contributed by atoms with E-state index in [2.05, 4.69) is 20.6 Å². The zero-order valence-electron chi connectivity index (χ0n) is 12.8. The number of amides is 1. The number of nitrogens with one attached hydrogen (secondary N) is 2. The van der Waals surface area contributed by atoms with Crippen LogP contribution in [0.3, 0.4) is 0 Å². The number of rotatable bonds is 7. The van der Waals surface area contributed by atoms with Crippen LogP contribution in [0.4, 0.5) is 5.95 Å². The summed E-state index contributed by atoms with van der Waals surface area (Å²) in [6, 6.07) is 9.61. The summed E-state index contributed by atoms with van der Waals surface area (Å²) in [5.74, 6) is 0.192. The van der Waals surface area contributed by atoms with Gasteiger partial charge in [-0.15, -0.1) is 0 Å². The molecule has 0 atom stereocenters. The SMILES string of the molecule is COCCNc1nccc(C(=O)NCc2ccc(C)cc2)n1. The molecule has 0 aliphatic heterocycles. The van der Waals surface area contributed by atoms with Gasteiger partial charge in [0.25, 0.3) is 5.91 Å². The second-order valence-electron chi connectivity index (χ2n) is 4.85. The van der Waals surface area contributed by atoms with Crippen LogP contribution in [0.2, 0.25) is 0 Å². The van der Waals surface area contributed by atoms with E-state index in [1.165, 1.54) is 5.56 Å². The Hall–Kier alpha value is -2.47. The number of carbonyl (C=O) groups excluding carboxylic acids is 1. The lowest BCUT2D eigenvalue weighted by atomic mass is 10.1. The maximum atomic E-state index is 12.1. The fourth-order valence-corrected chi connectivity index (χ4v) is 1.81. The van der Waals surface area contributed by atoms with Gasteiger partial charge in [-0.2, -0.15) is 0 Å². The molecule has 116 valence electrons. The summed E-state index contributed by atoms with van der Waals surface area (Å²) in [5, 5.41) is 5.84. The van der Waals surface area contributed by atoms with E-state index in [0.29, 0.717) is 31.3 Å². The summed E-state index contributed by atoms with van der Waals surface area (Å²) < 4.78 is 4.94. The van der Waals surface area contributed by atoms with E-state index in [1.807, 2.05) is 31.2 Å². The molecule has 0 spiro atoms. The van der Waals surface area contributed by atoms with Gasteiger partial charge in [-0.3, -0.25) is 4.79 Å². The van der Waals surface area contributed by atoms with Crippen molar-refractivity contribution in [3.05, 3.63) is 53.3 Å². The minimum atomic E-state index is -0.224. The standard InChI is InChI=1S/C16H20N4O2/c1-12-3-5-13(6-4-12)11-19-15(21)14-7-8-17-16(20-14)18-9-10-22-2/h3-8H,9-11H2,1-2H3,(H,19,21)(H,17,18,20). The minimum absolute atomic E-state index is 0.224. The molecular formula is C16H20N4O2. The third kappa shape index (κ3) is 4.82. The Labute approximate surface area is 129 Å². The first-order valence-electron chi connectivity index (χ1n) is 7.08. The van der Waals surface area contributed by atoms with Crippen molar-refractivity contribution in [2.24, 2.45) is 0 Å². The molecule has 0 aliphatic rings. The zero-order valence-corrected chi connectivity index (χ0v) is 12.8. The molecular weight excluding hydrogens is 280 g/mol. The molecule has 6 nitrogen and oxygen atoms in total. The van der Waals surface area contributed by atoms with Gasteiger partial charge < -0.3 is 15.4 Å². The summed E-state index contributed by atoms with van der Waals surface area (Å²) in [6.07, 6.45) is 1.56. The van der Waals surface area contributed by atoms with E-state index >= 15 is 0 Å². The number of benzene rings is 1. The quantitative estimate of drug-likeness (QED) is 0.762. The number of anilines is 1. The Balaban J connectivity index is 1.91. The number of methoxy groups -OCH3 is 1. The predicted octanol–water partition coefficient (Wildman–Crippen LogP) is 1.77. The molecule has 6 heteroatoms. The molecule has 2 N–H and O–H groups in total. The van der Waals surface area contributed by atoms with E-state index in [1.54, 1.807) is 19.4 Å². The number of aryl methyl sites for hydroxylation is 1. The van der Waals surface area contributed by atoms with Crippen molar-refractivity contribution in [1.82, 2.24) is 15.3 Å². The highest BCUT2D eigenvalue weighted by Crippen LogP contribution is 2.04. The van der Waals surface area contributed by atoms with Crippen molar-refractivity contribution < 1.29 is 9.53 Å². The molecule has 0 saturated carbocycles. The lowest BCUT2D eigenvalue weighted by Crippen LogP contribution is -2.24. The largest absolute Gasteiger partial charge is 0.383 e. The monoisotopic (exact) mass is 300 g/mol. The van der Waals surface area contributed by atoms with Crippen LogP contribution in [0.1, 0.15) is 21.6 Å². The van der Waals surface area contributed by atoms with E-state index < -0.39 is 0 Å². The first-order valence-corrected chi connectivity index (χ1v) is 7.08. The summed E-state index contributed by atoms with van der Waals surface area (Å²) >= 11 is 0. The second-order valence-corrected chi connectivity index (χ2v) is 4.85. The van der Waals surface area contributed by atoms with Gasteiger partial charge in [0.05, 0.1) is 6.61 Å². The first kappa shape index (κ1) is 15.9. The Morgan fingerprint density at radius 2 is 2.00 bits per heavy atom. The number of hydrogen-bond donors (Lipinski definition) is 2. The third-order valence-electron chi connectivity index (χ3n) is 3.05. The molecule has 0 fully saturated rings. The van der Waals surface area contributed by atoms with E-state index in [9.17, 15) is 4.79 Å². The highest BCUT2D eigenvalue weighted by atomic mass is 16.5. The number of carbonyl (C=O) groups is 1. The van der Waals surface area contributed by atoms with Gasteiger partial charge in [0.15, 0.2) is 0 Å². The van der Waals surface area contributed by atoms with Gasteiger partial charge >= 0.3 is 0 Å². The smallest absolute Gasteiger partial charge is 0.270 e. The molecule has 1 heterocycles. The Morgan fingerprint density at radius 3 is 2.73 bits per heavy atom. The molecule has 22 heavy (non-hydrogen) atoms. The summed E-state index contributed by atoms with van der Waals surface area (Å²) in [4.78, 5) is 20.4. The van der Waals surface area contributed by atoms with Gasteiger partial charge in [-0.25, -0.2) is 9.97 Å². The van der Waals surface area contributed by atoms with Gasteiger partial charge in [-0.05, 0) is 18.6 Å². The Bertz CT molecular complexity index is 614. The number of hydrogen-bond acceptors (Lipinski definition) is 5. The summed E-state index contributed by atoms with van der Waals surface area (Å²) in [5.41, 5.74) is 2.58. The third-order valence-corrected chi connectivity index (χ3v) is 3.05. The van der Waals surface area contributed by atoms with Crippen molar-refractivity contribution in [1.29, 1.82) is 0 Å². The first-order chi connectivity index (χ1) is 10.7. The van der Waals surface area contributed by atoms with Crippen molar-refractivity contribution in [2.75, 3.05) is 25.6 Å². The summed E-state index contributed by atoms with van der Waals surface area (Å²) in [6.45, 7) is 3.63. The maximum absolute atomic E-state index is 12.1. The molecule has 1 aromatic heterocycles. The fourth-order valence-electron chi connectivity index (χ4n) is 1.81. The number of nitrogens with zero attached hydrogens (tertiary/aromatic N) is 2. The molecule has 0 unspecified atom stereocenters.